The minimum Gasteiger partial charge on any atom is -1.00 e. The number of ether oxygens (including phenoxy) is 1. The number of nitrogens with zero attached hydrogens (tertiary/aromatic N) is 3. The molecule has 1 aliphatic heterocycles. The third kappa shape index (κ3) is 3.42. The summed E-state index contributed by atoms with van der Waals surface area (Å²) in [6.07, 6.45) is 3.40. The molecule has 1 aromatic heterocycles. The van der Waals surface area contributed by atoms with Crippen molar-refractivity contribution in [1.29, 1.82) is 0 Å². The molecule has 0 N–H and O–H groups in total. The molecule has 1 atom stereocenters. The lowest BCUT2D eigenvalue weighted by Gasteiger charge is -2.36. The van der Waals surface area contributed by atoms with E-state index in [-0.39, 0.29) is 24.0 Å². The van der Waals surface area contributed by atoms with Gasteiger partial charge >= 0.3 is 0 Å². The van der Waals surface area contributed by atoms with E-state index in [2.05, 4.69) is 28.8 Å². The van der Waals surface area contributed by atoms with Crippen molar-refractivity contribution < 1.29 is 33.2 Å². The van der Waals surface area contributed by atoms with E-state index in [0.29, 0.717) is 12.5 Å². The van der Waals surface area contributed by atoms with Gasteiger partial charge in [0.15, 0.2) is 0 Å². The zero-order valence-electron chi connectivity index (χ0n) is 11.1. The first-order valence-corrected chi connectivity index (χ1v) is 6.90. The van der Waals surface area contributed by atoms with E-state index in [9.17, 15) is 0 Å². The largest absolute Gasteiger partial charge is 1.00 e. The minimum absolute atomic E-state index is 0. The Labute approximate surface area is 130 Å². The summed E-state index contributed by atoms with van der Waals surface area (Å²) in [6, 6.07) is 0. The summed E-state index contributed by atoms with van der Waals surface area (Å²) in [6.45, 7) is 8.25. The predicted octanol–water partition coefficient (Wildman–Crippen LogP) is -0.806. The maximum atomic E-state index is 5.52. The number of rotatable bonds is 4. The average molecular weight is 381 g/mol. The zero-order valence-corrected chi connectivity index (χ0v) is 14.1. The van der Waals surface area contributed by atoms with Crippen LogP contribution in [0.25, 0.3) is 5.57 Å². The minimum atomic E-state index is 0. The summed E-state index contributed by atoms with van der Waals surface area (Å²) in [4.78, 5) is 0. The standard InChI is InChI=1S/C12H20N3OS.HI/c1-4-15(3)8-6-7-10(9-15)11-12(16-5-2)14-17-13-11;/h7H,4-6,8-9H2,1-3H3;1H/q+1;/p-1. The molecule has 2 rings (SSSR count). The quantitative estimate of drug-likeness (QED) is 0.506. The number of hydrogen-bond acceptors (Lipinski definition) is 4. The zero-order chi connectivity index (χ0) is 12.3. The molecule has 0 aliphatic carbocycles. The Morgan fingerprint density at radius 2 is 2.17 bits per heavy atom. The fraction of sp³-hybridized carbons (Fsp3) is 0.667. The molecule has 0 saturated heterocycles. The van der Waals surface area contributed by atoms with Crippen LogP contribution in [0.3, 0.4) is 0 Å². The summed E-state index contributed by atoms with van der Waals surface area (Å²) in [5.74, 6) is 0.702. The van der Waals surface area contributed by atoms with Crippen LogP contribution in [-0.4, -0.2) is 46.5 Å². The van der Waals surface area contributed by atoms with Crippen LogP contribution in [0.1, 0.15) is 26.0 Å². The number of aromatic nitrogens is 2. The van der Waals surface area contributed by atoms with Crippen LogP contribution in [0.2, 0.25) is 0 Å². The molecular formula is C12H20IN3OS. The first-order valence-electron chi connectivity index (χ1n) is 6.17. The molecule has 0 radical (unpaired) electrons. The molecule has 1 unspecified atom stereocenters. The van der Waals surface area contributed by atoms with Gasteiger partial charge in [-0.25, -0.2) is 0 Å². The number of likely N-dealkylation sites (N-methyl/N-ethyl adjacent to an activating group) is 1. The summed E-state index contributed by atoms with van der Waals surface area (Å²) >= 11 is 1.23. The van der Waals surface area contributed by atoms with E-state index < -0.39 is 0 Å². The van der Waals surface area contributed by atoms with Crippen LogP contribution < -0.4 is 28.7 Å². The second-order valence-electron chi connectivity index (χ2n) is 4.69. The van der Waals surface area contributed by atoms with Crippen molar-refractivity contribution in [1.82, 2.24) is 8.75 Å². The fourth-order valence-electron chi connectivity index (χ4n) is 2.15. The average Bonchev–Trinajstić information content (AvgIpc) is 2.78. The molecule has 0 aromatic carbocycles. The van der Waals surface area contributed by atoms with E-state index in [1.54, 1.807) is 0 Å². The Bertz CT molecular complexity index is 421. The van der Waals surface area contributed by atoms with E-state index in [1.807, 2.05) is 6.92 Å². The first kappa shape index (κ1) is 15.8. The molecule has 2 heterocycles. The van der Waals surface area contributed by atoms with Crippen LogP contribution in [0, 0.1) is 0 Å². The van der Waals surface area contributed by atoms with Gasteiger partial charge in [-0.05, 0) is 13.8 Å². The maximum Gasteiger partial charge on any atom is 0.253 e. The van der Waals surface area contributed by atoms with Gasteiger partial charge in [0.25, 0.3) is 5.88 Å². The molecule has 0 fully saturated rings. The summed E-state index contributed by atoms with van der Waals surface area (Å²) in [5.41, 5.74) is 2.24. The Morgan fingerprint density at radius 1 is 1.39 bits per heavy atom. The van der Waals surface area contributed by atoms with E-state index >= 15 is 0 Å². The topological polar surface area (TPSA) is 35.0 Å². The Morgan fingerprint density at radius 3 is 2.83 bits per heavy atom. The van der Waals surface area contributed by atoms with Gasteiger partial charge in [-0.1, -0.05) is 6.08 Å². The second kappa shape index (κ2) is 6.81. The monoisotopic (exact) mass is 381 g/mol. The fourth-order valence-corrected chi connectivity index (χ4v) is 2.69. The molecule has 102 valence electrons. The Balaban J connectivity index is 0.00000162. The van der Waals surface area contributed by atoms with Crippen molar-refractivity contribution in [2.45, 2.75) is 20.3 Å². The van der Waals surface area contributed by atoms with Gasteiger partial charge in [0.2, 0.25) is 0 Å². The molecular weight excluding hydrogens is 361 g/mol. The molecule has 4 nitrogen and oxygen atoms in total. The summed E-state index contributed by atoms with van der Waals surface area (Å²) in [5, 5.41) is 0. The van der Waals surface area contributed by atoms with Crippen molar-refractivity contribution >= 4 is 17.3 Å². The molecule has 0 bridgehead atoms. The molecule has 6 heteroatoms. The van der Waals surface area contributed by atoms with Crippen LogP contribution in [0.15, 0.2) is 6.08 Å². The molecule has 1 aliphatic rings. The van der Waals surface area contributed by atoms with E-state index in [1.165, 1.54) is 23.8 Å². The maximum absolute atomic E-state index is 5.52. The van der Waals surface area contributed by atoms with Crippen molar-refractivity contribution in [3.05, 3.63) is 11.8 Å². The Kier molecular flexibility index (Phi) is 6.00. The van der Waals surface area contributed by atoms with Crippen LogP contribution in [0.5, 0.6) is 5.88 Å². The lowest BCUT2D eigenvalue weighted by Crippen LogP contribution is -3.00. The van der Waals surface area contributed by atoms with Gasteiger partial charge in [0.05, 0.1) is 38.5 Å². The van der Waals surface area contributed by atoms with Crippen LogP contribution in [-0.2, 0) is 0 Å². The SMILES string of the molecule is CCOc1nsnc1C1=CCC[N+](C)(CC)C1.[I-]. The Hall–Kier alpha value is -0.210. The highest BCUT2D eigenvalue weighted by atomic mass is 127. The predicted molar refractivity (Wildman–Crippen MR) is 70.1 cm³/mol. The summed E-state index contributed by atoms with van der Waals surface area (Å²) < 4.78 is 15.2. The highest BCUT2D eigenvalue weighted by Crippen LogP contribution is 2.29. The highest BCUT2D eigenvalue weighted by Gasteiger charge is 2.28. The van der Waals surface area contributed by atoms with Crippen molar-refractivity contribution in [2.24, 2.45) is 0 Å². The number of halogens is 1. The molecule has 0 amide bonds. The van der Waals surface area contributed by atoms with Gasteiger partial charge in [-0.2, -0.15) is 4.37 Å². The highest BCUT2D eigenvalue weighted by molar-refractivity contribution is 6.99. The van der Waals surface area contributed by atoms with Gasteiger partial charge in [0.1, 0.15) is 12.2 Å². The molecule has 1 aromatic rings. The van der Waals surface area contributed by atoms with Crippen LogP contribution in [0.4, 0.5) is 0 Å². The molecule has 0 spiro atoms. The van der Waals surface area contributed by atoms with Crippen molar-refractivity contribution in [3.63, 3.8) is 0 Å². The third-order valence-electron chi connectivity index (χ3n) is 3.42. The van der Waals surface area contributed by atoms with Crippen molar-refractivity contribution in [3.8, 4) is 5.88 Å². The summed E-state index contributed by atoms with van der Waals surface area (Å²) in [7, 11) is 2.30. The third-order valence-corrected chi connectivity index (χ3v) is 3.93. The van der Waals surface area contributed by atoms with E-state index in [0.717, 1.165) is 29.7 Å². The molecule has 18 heavy (non-hydrogen) atoms. The normalized spacial score (nSPS) is 23.2. The van der Waals surface area contributed by atoms with Gasteiger partial charge < -0.3 is 33.2 Å². The molecule has 0 saturated carbocycles. The lowest BCUT2D eigenvalue weighted by molar-refractivity contribution is -0.901. The number of quaternary nitrogens is 1. The second-order valence-corrected chi connectivity index (χ2v) is 5.21. The number of hydrogen-bond donors (Lipinski definition) is 0. The van der Waals surface area contributed by atoms with Gasteiger partial charge in [-0.15, -0.1) is 4.37 Å². The lowest BCUT2D eigenvalue weighted by atomic mass is 10.0. The van der Waals surface area contributed by atoms with Gasteiger partial charge in [-0.3, -0.25) is 0 Å². The van der Waals surface area contributed by atoms with Crippen molar-refractivity contribution in [2.75, 3.05) is 33.3 Å². The smallest absolute Gasteiger partial charge is 0.253 e. The van der Waals surface area contributed by atoms with E-state index in [4.69, 9.17) is 4.74 Å². The van der Waals surface area contributed by atoms with Crippen LogP contribution >= 0.6 is 11.7 Å². The van der Waals surface area contributed by atoms with Gasteiger partial charge in [0, 0.05) is 12.0 Å². The first-order chi connectivity index (χ1) is 8.18.